The van der Waals surface area contributed by atoms with Crippen LogP contribution >= 0.6 is 0 Å². The molecule has 2 heterocycles. The SMILES string of the molecule is Cc1c(N)cc(C(=O)O)cc1C(=O)O.O=c1ccn(-c2cnccn2)[nH]1. The molecule has 2 aromatic heterocycles. The number of aromatic nitrogens is 4. The number of anilines is 1. The van der Waals surface area contributed by atoms with Crippen molar-refractivity contribution >= 4 is 17.6 Å². The van der Waals surface area contributed by atoms with Gasteiger partial charge in [0.25, 0.3) is 5.56 Å². The lowest BCUT2D eigenvalue weighted by Gasteiger charge is -2.05. The highest BCUT2D eigenvalue weighted by Gasteiger charge is 2.14. The van der Waals surface area contributed by atoms with E-state index in [4.69, 9.17) is 15.9 Å². The third kappa shape index (κ3) is 4.32. The molecule has 3 rings (SSSR count). The molecule has 0 spiro atoms. The van der Waals surface area contributed by atoms with Crippen molar-refractivity contribution in [3.8, 4) is 5.82 Å². The Bertz CT molecular complexity index is 994. The maximum absolute atomic E-state index is 10.7. The fourth-order valence-electron chi connectivity index (χ4n) is 1.97. The molecule has 0 aliphatic rings. The Hall–Kier alpha value is -3.95. The van der Waals surface area contributed by atoms with E-state index in [2.05, 4.69) is 15.1 Å². The van der Waals surface area contributed by atoms with Crippen LogP contribution in [0.4, 0.5) is 5.69 Å². The number of nitrogens with two attached hydrogens (primary N) is 1. The maximum atomic E-state index is 10.7. The largest absolute Gasteiger partial charge is 0.478 e. The number of aromatic amines is 1. The number of benzene rings is 1. The molecule has 0 aliphatic heterocycles. The van der Waals surface area contributed by atoms with Gasteiger partial charge in [-0.15, -0.1) is 0 Å². The zero-order chi connectivity index (χ0) is 19.3. The summed E-state index contributed by atoms with van der Waals surface area (Å²) in [7, 11) is 0. The normalized spacial score (nSPS) is 9.88. The molecule has 0 saturated carbocycles. The van der Waals surface area contributed by atoms with Gasteiger partial charge in [0, 0.05) is 30.3 Å². The Morgan fingerprint density at radius 1 is 1.19 bits per heavy atom. The van der Waals surface area contributed by atoms with Gasteiger partial charge in [-0.1, -0.05) is 0 Å². The quantitative estimate of drug-likeness (QED) is 0.503. The van der Waals surface area contributed by atoms with Gasteiger partial charge in [-0.2, -0.15) is 0 Å². The topological polar surface area (TPSA) is 164 Å². The highest BCUT2D eigenvalue weighted by Crippen LogP contribution is 2.19. The standard InChI is InChI=1S/C9H9NO4.C7H6N4O/c1-4-6(9(13)14)2-5(8(11)12)3-7(4)10;12-7-1-4-11(10-7)6-5-8-2-3-9-6/h2-3H,10H2,1H3,(H,11,12)(H,13,14);1-5H,(H,10,12). The predicted octanol–water partition coefficient (Wildman–Crippen LogP) is 0.929. The summed E-state index contributed by atoms with van der Waals surface area (Å²) in [6.45, 7) is 1.53. The minimum absolute atomic E-state index is 0.0811. The summed E-state index contributed by atoms with van der Waals surface area (Å²) in [5.41, 5.74) is 5.66. The number of rotatable bonds is 3. The van der Waals surface area contributed by atoms with Gasteiger partial charge in [-0.05, 0) is 24.6 Å². The Balaban J connectivity index is 0.000000189. The molecule has 0 aliphatic carbocycles. The minimum atomic E-state index is -1.20. The van der Waals surface area contributed by atoms with E-state index in [1.807, 2.05) is 0 Å². The summed E-state index contributed by atoms with van der Waals surface area (Å²) in [6.07, 6.45) is 6.31. The van der Waals surface area contributed by atoms with Gasteiger partial charge in [0.05, 0.1) is 17.3 Å². The summed E-state index contributed by atoms with van der Waals surface area (Å²) in [5, 5.41) is 20.0. The average Bonchev–Trinajstić information content (AvgIpc) is 3.04. The Morgan fingerprint density at radius 2 is 1.92 bits per heavy atom. The van der Waals surface area contributed by atoms with Gasteiger partial charge in [0.15, 0.2) is 5.82 Å². The molecule has 10 nitrogen and oxygen atoms in total. The van der Waals surface area contributed by atoms with Crippen molar-refractivity contribution in [2.75, 3.05) is 5.73 Å². The van der Waals surface area contributed by atoms with Gasteiger partial charge in [-0.25, -0.2) is 19.3 Å². The number of nitrogens with zero attached hydrogens (tertiary/aromatic N) is 3. The number of nitrogen functional groups attached to an aromatic ring is 1. The molecular weight excluding hydrogens is 342 g/mol. The molecule has 134 valence electrons. The zero-order valence-corrected chi connectivity index (χ0v) is 13.6. The van der Waals surface area contributed by atoms with Crippen molar-refractivity contribution in [3.05, 3.63) is 70.0 Å². The van der Waals surface area contributed by atoms with E-state index < -0.39 is 11.9 Å². The van der Waals surface area contributed by atoms with Crippen LogP contribution in [0.1, 0.15) is 26.3 Å². The summed E-state index contributed by atoms with van der Waals surface area (Å²) >= 11 is 0. The number of hydrogen-bond acceptors (Lipinski definition) is 6. The molecule has 26 heavy (non-hydrogen) atoms. The van der Waals surface area contributed by atoms with E-state index in [1.54, 1.807) is 24.8 Å². The molecule has 0 unspecified atom stereocenters. The molecular formula is C16H15N5O5. The second-order valence-corrected chi connectivity index (χ2v) is 5.07. The number of hydrogen-bond donors (Lipinski definition) is 4. The second-order valence-electron chi connectivity index (χ2n) is 5.07. The summed E-state index contributed by atoms with van der Waals surface area (Å²) in [4.78, 5) is 39.9. The van der Waals surface area contributed by atoms with Gasteiger partial charge in [-0.3, -0.25) is 14.9 Å². The fraction of sp³-hybridized carbons (Fsp3) is 0.0625. The van der Waals surface area contributed by atoms with E-state index in [0.29, 0.717) is 11.4 Å². The third-order valence-corrected chi connectivity index (χ3v) is 3.33. The third-order valence-electron chi connectivity index (χ3n) is 3.33. The van der Waals surface area contributed by atoms with Crippen LogP contribution < -0.4 is 11.3 Å². The lowest BCUT2D eigenvalue weighted by molar-refractivity contribution is 0.0695. The highest BCUT2D eigenvalue weighted by molar-refractivity contribution is 5.96. The first-order chi connectivity index (χ1) is 12.3. The van der Waals surface area contributed by atoms with Gasteiger partial charge >= 0.3 is 11.9 Å². The molecule has 0 bridgehead atoms. The zero-order valence-electron chi connectivity index (χ0n) is 13.6. The maximum Gasteiger partial charge on any atom is 0.336 e. The smallest absolute Gasteiger partial charge is 0.336 e. The van der Waals surface area contributed by atoms with Crippen LogP contribution in [-0.4, -0.2) is 41.9 Å². The monoisotopic (exact) mass is 357 g/mol. The van der Waals surface area contributed by atoms with Crippen molar-refractivity contribution in [3.63, 3.8) is 0 Å². The number of carboxylic acids is 2. The summed E-state index contributed by atoms with van der Waals surface area (Å²) in [5.74, 6) is -1.78. The first kappa shape index (κ1) is 18.4. The Morgan fingerprint density at radius 3 is 2.42 bits per heavy atom. The number of aromatic carboxylic acids is 2. The minimum Gasteiger partial charge on any atom is -0.478 e. The molecule has 1 aromatic carbocycles. The molecule has 0 saturated heterocycles. The molecule has 0 fully saturated rings. The number of H-pyrrole nitrogens is 1. The summed E-state index contributed by atoms with van der Waals surface area (Å²) < 4.78 is 1.51. The molecule has 0 amide bonds. The first-order valence-electron chi connectivity index (χ1n) is 7.20. The average molecular weight is 357 g/mol. The second kappa shape index (κ2) is 7.75. The fourth-order valence-corrected chi connectivity index (χ4v) is 1.97. The number of carbonyl (C=O) groups is 2. The molecule has 0 radical (unpaired) electrons. The van der Waals surface area contributed by atoms with Crippen LogP contribution in [0.3, 0.4) is 0 Å². The van der Waals surface area contributed by atoms with Crippen LogP contribution in [-0.2, 0) is 0 Å². The van der Waals surface area contributed by atoms with E-state index in [0.717, 1.165) is 6.07 Å². The van der Waals surface area contributed by atoms with Crippen LogP contribution in [0.2, 0.25) is 0 Å². The van der Waals surface area contributed by atoms with Gasteiger partial charge < -0.3 is 15.9 Å². The van der Waals surface area contributed by atoms with E-state index in [-0.39, 0.29) is 22.4 Å². The van der Waals surface area contributed by atoms with Crippen LogP contribution in [0, 0.1) is 6.92 Å². The van der Waals surface area contributed by atoms with Crippen molar-refractivity contribution in [1.29, 1.82) is 0 Å². The number of carboxylic acid groups (broad SMARTS) is 2. The predicted molar refractivity (Wildman–Crippen MR) is 91.5 cm³/mol. The van der Waals surface area contributed by atoms with Crippen LogP contribution in [0.15, 0.2) is 47.8 Å². The molecule has 0 atom stereocenters. The molecule has 5 N–H and O–H groups in total. The van der Waals surface area contributed by atoms with Gasteiger partial charge in [0.1, 0.15) is 0 Å². The van der Waals surface area contributed by atoms with E-state index in [9.17, 15) is 14.4 Å². The van der Waals surface area contributed by atoms with Crippen molar-refractivity contribution < 1.29 is 19.8 Å². The lowest BCUT2D eigenvalue weighted by atomic mass is 10.0. The van der Waals surface area contributed by atoms with E-state index in [1.165, 1.54) is 23.7 Å². The number of nitrogens with one attached hydrogen (secondary N) is 1. The van der Waals surface area contributed by atoms with Crippen LogP contribution in [0.25, 0.3) is 5.82 Å². The van der Waals surface area contributed by atoms with Gasteiger partial charge in [0.2, 0.25) is 0 Å². The van der Waals surface area contributed by atoms with Crippen molar-refractivity contribution in [2.24, 2.45) is 0 Å². The van der Waals surface area contributed by atoms with E-state index >= 15 is 0 Å². The van der Waals surface area contributed by atoms with Crippen LogP contribution in [0.5, 0.6) is 0 Å². The highest BCUT2D eigenvalue weighted by atomic mass is 16.4. The van der Waals surface area contributed by atoms with Crippen molar-refractivity contribution in [2.45, 2.75) is 6.92 Å². The Labute approximate surface area is 146 Å². The summed E-state index contributed by atoms with van der Waals surface area (Å²) in [6, 6.07) is 3.76. The Kier molecular flexibility index (Phi) is 5.48. The van der Waals surface area contributed by atoms with Crippen molar-refractivity contribution in [1.82, 2.24) is 19.7 Å². The first-order valence-corrected chi connectivity index (χ1v) is 7.20. The molecule has 10 heteroatoms. The lowest BCUT2D eigenvalue weighted by Crippen LogP contribution is -2.07. The molecule has 3 aromatic rings.